The van der Waals surface area contributed by atoms with E-state index in [0.29, 0.717) is 12.3 Å². The number of amides is 1. The summed E-state index contributed by atoms with van der Waals surface area (Å²) in [6, 6.07) is 3.88. The van der Waals surface area contributed by atoms with E-state index >= 15 is 0 Å². The van der Waals surface area contributed by atoms with Crippen molar-refractivity contribution in [3.05, 3.63) is 20.8 Å². The number of hydrogen-bond acceptors (Lipinski definition) is 3. The molecule has 1 N–H and O–H groups in total. The van der Waals surface area contributed by atoms with Crippen molar-refractivity contribution in [1.82, 2.24) is 5.43 Å². The number of nitrogens with one attached hydrogen (secondary N) is 1. The Balaban J connectivity index is 2.36. The predicted octanol–water partition coefficient (Wildman–Crippen LogP) is 3.01. The first-order valence-electron chi connectivity index (χ1n) is 4.65. The quantitative estimate of drug-likeness (QED) is 0.672. The minimum absolute atomic E-state index is 0.0446. The van der Waals surface area contributed by atoms with Gasteiger partial charge < -0.3 is 0 Å². The maximum Gasteiger partial charge on any atom is 0.240 e. The van der Waals surface area contributed by atoms with Crippen LogP contribution >= 0.6 is 27.3 Å². The maximum atomic E-state index is 11.2. The highest BCUT2D eigenvalue weighted by atomic mass is 79.9. The zero-order valence-electron chi connectivity index (χ0n) is 8.66. The van der Waals surface area contributed by atoms with Gasteiger partial charge in [0.2, 0.25) is 5.91 Å². The highest BCUT2D eigenvalue weighted by Crippen LogP contribution is 2.20. The molecule has 5 heteroatoms. The third-order valence-corrected chi connectivity index (χ3v) is 3.13. The molecule has 0 bridgehead atoms. The lowest BCUT2D eigenvalue weighted by atomic mass is 10.1. The zero-order valence-corrected chi connectivity index (χ0v) is 11.1. The first kappa shape index (κ1) is 12.4. The van der Waals surface area contributed by atoms with Crippen LogP contribution in [-0.2, 0) is 4.79 Å². The summed E-state index contributed by atoms with van der Waals surface area (Å²) < 4.78 is 1.05. The van der Waals surface area contributed by atoms with Gasteiger partial charge in [-0.1, -0.05) is 13.8 Å². The van der Waals surface area contributed by atoms with Crippen molar-refractivity contribution in [2.24, 2.45) is 11.0 Å². The van der Waals surface area contributed by atoms with E-state index in [1.54, 1.807) is 17.6 Å². The van der Waals surface area contributed by atoms with E-state index < -0.39 is 0 Å². The van der Waals surface area contributed by atoms with Crippen LogP contribution in [0.2, 0.25) is 0 Å². The third-order valence-electron chi connectivity index (χ3n) is 1.57. The number of halogens is 1. The van der Waals surface area contributed by atoms with E-state index in [1.165, 1.54) is 0 Å². The molecule has 0 radical (unpaired) electrons. The molecule has 0 spiro atoms. The maximum absolute atomic E-state index is 11.2. The summed E-state index contributed by atoms with van der Waals surface area (Å²) in [6.07, 6.45) is 2.15. The number of hydrogen-bond donors (Lipinski definition) is 1. The number of nitrogens with zero attached hydrogens (tertiary/aromatic N) is 1. The molecule has 82 valence electrons. The minimum atomic E-state index is -0.0446. The van der Waals surface area contributed by atoms with E-state index in [2.05, 4.69) is 26.5 Å². The number of hydrazone groups is 1. The smallest absolute Gasteiger partial charge is 0.240 e. The summed E-state index contributed by atoms with van der Waals surface area (Å²) in [4.78, 5) is 12.2. The number of rotatable bonds is 4. The van der Waals surface area contributed by atoms with Crippen molar-refractivity contribution >= 4 is 39.4 Å². The molecule has 0 unspecified atom stereocenters. The van der Waals surface area contributed by atoms with Crippen LogP contribution in [-0.4, -0.2) is 12.1 Å². The molecule has 1 aromatic rings. The molecule has 1 rings (SSSR count). The number of carbonyl (C=O) groups excluding carboxylic acids is 1. The van der Waals surface area contributed by atoms with Gasteiger partial charge in [0.25, 0.3) is 0 Å². The highest BCUT2D eigenvalue weighted by molar-refractivity contribution is 9.11. The molecule has 0 aliphatic carbocycles. The Hall–Kier alpha value is -0.680. The lowest BCUT2D eigenvalue weighted by Gasteiger charge is -2.01. The molecule has 3 nitrogen and oxygen atoms in total. The Morgan fingerprint density at radius 2 is 2.40 bits per heavy atom. The summed E-state index contributed by atoms with van der Waals surface area (Å²) in [6.45, 7) is 4.00. The molecule has 0 saturated carbocycles. The van der Waals surface area contributed by atoms with E-state index in [1.807, 2.05) is 26.0 Å². The summed E-state index contributed by atoms with van der Waals surface area (Å²) >= 11 is 4.92. The summed E-state index contributed by atoms with van der Waals surface area (Å²) in [5.74, 6) is 0.313. The molecule has 15 heavy (non-hydrogen) atoms. The van der Waals surface area contributed by atoms with Gasteiger partial charge in [-0.2, -0.15) is 5.10 Å². The van der Waals surface area contributed by atoms with Gasteiger partial charge in [-0.05, 0) is 34.0 Å². The Kier molecular flexibility index (Phi) is 4.98. The molecular weight excluding hydrogens is 276 g/mol. The monoisotopic (exact) mass is 288 g/mol. The van der Waals surface area contributed by atoms with Crippen LogP contribution < -0.4 is 5.43 Å². The fourth-order valence-corrected chi connectivity index (χ4v) is 2.28. The average Bonchev–Trinajstić information content (AvgIpc) is 2.50. The van der Waals surface area contributed by atoms with Crippen molar-refractivity contribution in [2.45, 2.75) is 20.3 Å². The van der Waals surface area contributed by atoms with Crippen LogP contribution in [0.3, 0.4) is 0 Å². The molecule has 0 atom stereocenters. The van der Waals surface area contributed by atoms with Crippen molar-refractivity contribution in [3.8, 4) is 0 Å². The molecule has 0 aliphatic rings. The largest absolute Gasteiger partial charge is 0.273 e. The Labute approximate surface area is 102 Å². The van der Waals surface area contributed by atoms with Crippen LogP contribution in [0.5, 0.6) is 0 Å². The highest BCUT2D eigenvalue weighted by Gasteiger charge is 2.02. The van der Waals surface area contributed by atoms with Crippen molar-refractivity contribution in [1.29, 1.82) is 0 Å². The second kappa shape index (κ2) is 6.02. The van der Waals surface area contributed by atoms with Crippen LogP contribution in [0, 0.1) is 5.92 Å². The zero-order chi connectivity index (χ0) is 11.3. The molecule has 0 aliphatic heterocycles. The van der Waals surface area contributed by atoms with Gasteiger partial charge in [-0.15, -0.1) is 11.3 Å². The first-order chi connectivity index (χ1) is 7.08. The van der Waals surface area contributed by atoms with Crippen LogP contribution in [0.1, 0.15) is 25.1 Å². The standard InChI is InChI=1S/C10H13BrN2OS/c1-7(2)5-10(14)13-12-6-8-3-4-9(11)15-8/h3-4,6-7H,5H2,1-2H3,(H,13,14). The molecular formula is C10H13BrN2OS. The summed E-state index contributed by atoms with van der Waals surface area (Å²) in [5.41, 5.74) is 2.49. The van der Waals surface area contributed by atoms with E-state index in [9.17, 15) is 4.79 Å². The number of thiophene rings is 1. The van der Waals surface area contributed by atoms with Crippen molar-refractivity contribution < 1.29 is 4.79 Å². The molecule has 0 aromatic carbocycles. The first-order valence-corrected chi connectivity index (χ1v) is 6.26. The van der Waals surface area contributed by atoms with Crippen LogP contribution in [0.15, 0.2) is 21.0 Å². The van der Waals surface area contributed by atoms with E-state index in [-0.39, 0.29) is 5.91 Å². The Bertz CT molecular complexity index is 360. The minimum Gasteiger partial charge on any atom is -0.273 e. The Morgan fingerprint density at radius 3 is 2.93 bits per heavy atom. The summed E-state index contributed by atoms with van der Waals surface area (Å²) in [5, 5.41) is 3.87. The summed E-state index contributed by atoms with van der Waals surface area (Å²) in [7, 11) is 0. The average molecular weight is 289 g/mol. The van der Waals surface area contributed by atoms with Gasteiger partial charge in [0.05, 0.1) is 10.0 Å². The second-order valence-electron chi connectivity index (χ2n) is 3.53. The lowest BCUT2D eigenvalue weighted by molar-refractivity contribution is -0.121. The Morgan fingerprint density at radius 1 is 1.67 bits per heavy atom. The van der Waals surface area contributed by atoms with Crippen molar-refractivity contribution in [2.75, 3.05) is 0 Å². The van der Waals surface area contributed by atoms with Gasteiger partial charge in [0, 0.05) is 11.3 Å². The third kappa shape index (κ3) is 5.09. The number of carbonyl (C=O) groups is 1. The topological polar surface area (TPSA) is 41.5 Å². The fourth-order valence-electron chi connectivity index (χ4n) is 0.982. The molecule has 0 saturated heterocycles. The van der Waals surface area contributed by atoms with Gasteiger partial charge in [0.1, 0.15) is 0 Å². The lowest BCUT2D eigenvalue weighted by Crippen LogP contribution is -2.18. The predicted molar refractivity (Wildman–Crippen MR) is 67.2 cm³/mol. The molecule has 0 fully saturated rings. The normalized spacial score (nSPS) is 11.2. The molecule has 1 amide bonds. The van der Waals surface area contributed by atoms with E-state index in [0.717, 1.165) is 8.66 Å². The second-order valence-corrected chi connectivity index (χ2v) is 6.03. The fraction of sp³-hybridized carbons (Fsp3) is 0.400. The van der Waals surface area contributed by atoms with Crippen LogP contribution in [0.4, 0.5) is 0 Å². The van der Waals surface area contributed by atoms with Crippen molar-refractivity contribution in [3.63, 3.8) is 0 Å². The van der Waals surface area contributed by atoms with Gasteiger partial charge in [-0.3, -0.25) is 4.79 Å². The SMILES string of the molecule is CC(C)CC(=O)NN=Cc1ccc(Br)s1. The van der Waals surface area contributed by atoms with Gasteiger partial charge >= 0.3 is 0 Å². The van der Waals surface area contributed by atoms with Crippen LogP contribution in [0.25, 0.3) is 0 Å². The van der Waals surface area contributed by atoms with Gasteiger partial charge in [-0.25, -0.2) is 5.43 Å². The molecule has 1 aromatic heterocycles. The molecule has 1 heterocycles. The van der Waals surface area contributed by atoms with E-state index in [4.69, 9.17) is 0 Å². The van der Waals surface area contributed by atoms with Gasteiger partial charge in [0.15, 0.2) is 0 Å².